The number of fused-ring (bicyclic) bond motifs is 6. The van der Waals surface area contributed by atoms with E-state index in [0.29, 0.717) is 10.6 Å². The summed E-state index contributed by atoms with van der Waals surface area (Å²) in [4.78, 5) is 0. The van der Waals surface area contributed by atoms with Crippen molar-refractivity contribution in [2.75, 3.05) is 0 Å². The predicted octanol–water partition coefficient (Wildman–Crippen LogP) is 2.85. The summed E-state index contributed by atoms with van der Waals surface area (Å²) < 4.78 is 27.4. The minimum absolute atomic E-state index is 0.525. The molecule has 0 N–H and O–H groups in total. The van der Waals surface area contributed by atoms with Crippen molar-refractivity contribution in [1.82, 2.24) is 0 Å². The summed E-state index contributed by atoms with van der Waals surface area (Å²) in [5.41, 5.74) is 0. The lowest BCUT2D eigenvalue weighted by Gasteiger charge is -2.06. The summed E-state index contributed by atoms with van der Waals surface area (Å²) in [5.74, 6) is 0. The van der Waals surface area contributed by atoms with Crippen LogP contribution >= 0.6 is 0 Å². The quantitative estimate of drug-likeness (QED) is 0.370. The summed E-state index contributed by atoms with van der Waals surface area (Å²) in [5, 5.41) is 9.05. The van der Waals surface area contributed by atoms with Crippen molar-refractivity contribution in [3.8, 4) is 0 Å². The second-order valence-electron chi connectivity index (χ2n) is 5.80. The van der Waals surface area contributed by atoms with Gasteiger partial charge in [-0.3, -0.25) is 0 Å². The van der Waals surface area contributed by atoms with Crippen LogP contribution in [-0.2, 0) is 10.0 Å². The van der Waals surface area contributed by atoms with Crippen LogP contribution in [0.3, 0.4) is 0 Å². The highest BCUT2D eigenvalue weighted by Gasteiger charge is 2.13. The van der Waals surface area contributed by atoms with Crippen LogP contribution in [-0.4, -0.2) is 8.42 Å². The van der Waals surface area contributed by atoms with Gasteiger partial charge in [-0.15, -0.1) is 0 Å². The first-order chi connectivity index (χ1) is 11.1. The Morgan fingerprint density at radius 2 is 1.43 bits per heavy atom. The van der Waals surface area contributed by atoms with E-state index < -0.39 is 10.0 Å². The molecule has 1 aliphatic rings. The van der Waals surface area contributed by atoms with Gasteiger partial charge in [-0.1, -0.05) is 42.5 Å². The van der Waals surface area contributed by atoms with E-state index >= 15 is 0 Å². The van der Waals surface area contributed by atoms with Gasteiger partial charge in [0.1, 0.15) is 0 Å². The van der Waals surface area contributed by atoms with Crippen molar-refractivity contribution < 1.29 is 8.42 Å². The van der Waals surface area contributed by atoms with Crippen LogP contribution in [0.25, 0.3) is 37.7 Å². The zero-order chi connectivity index (χ0) is 15.6. The first kappa shape index (κ1) is 12.8. The monoisotopic (exact) mass is 317 g/mol. The maximum absolute atomic E-state index is 11.8. The Labute approximate surface area is 132 Å². The number of sulfonamides is 1. The van der Waals surface area contributed by atoms with E-state index in [9.17, 15) is 8.42 Å². The molecule has 5 rings (SSSR count). The molecule has 0 bridgehead atoms. The van der Waals surface area contributed by atoms with Gasteiger partial charge in [-0.2, -0.15) is 12.8 Å². The van der Waals surface area contributed by atoms with Crippen molar-refractivity contribution in [3.05, 3.63) is 71.2 Å². The number of hydrogen-bond donors (Lipinski definition) is 0. The SMILES string of the molecule is O=S1(=O)C=c2c(ccc3cc4ccc5ccccc5c4cc23)=N1. The van der Waals surface area contributed by atoms with Crippen LogP contribution in [0.2, 0.25) is 0 Å². The number of benzene rings is 4. The summed E-state index contributed by atoms with van der Waals surface area (Å²) in [7, 11) is -3.49. The van der Waals surface area contributed by atoms with Crippen LogP contribution in [0.4, 0.5) is 0 Å². The van der Waals surface area contributed by atoms with Crippen LogP contribution in [0, 0.1) is 0 Å². The highest BCUT2D eigenvalue weighted by atomic mass is 32.2. The number of hydrogen-bond acceptors (Lipinski definition) is 2. The molecule has 110 valence electrons. The molecule has 0 aromatic heterocycles. The summed E-state index contributed by atoms with van der Waals surface area (Å²) in [6.45, 7) is 0. The van der Waals surface area contributed by atoms with E-state index in [0.717, 1.165) is 21.5 Å². The lowest BCUT2D eigenvalue weighted by Crippen LogP contribution is -2.21. The molecular weight excluding hydrogens is 306 g/mol. The van der Waals surface area contributed by atoms with Crippen molar-refractivity contribution in [3.63, 3.8) is 0 Å². The molecule has 4 heteroatoms. The Hall–Kier alpha value is -2.72. The van der Waals surface area contributed by atoms with E-state index in [-0.39, 0.29) is 0 Å². The second kappa shape index (κ2) is 4.18. The smallest absolute Gasteiger partial charge is 0.200 e. The van der Waals surface area contributed by atoms with Gasteiger partial charge in [0.25, 0.3) is 10.0 Å². The van der Waals surface area contributed by atoms with Crippen LogP contribution < -0.4 is 10.6 Å². The molecule has 4 aromatic carbocycles. The van der Waals surface area contributed by atoms with Gasteiger partial charge in [0.15, 0.2) is 0 Å². The summed E-state index contributed by atoms with van der Waals surface area (Å²) in [6.07, 6.45) is 0. The normalized spacial score (nSPS) is 15.5. The van der Waals surface area contributed by atoms with Crippen LogP contribution in [0.1, 0.15) is 0 Å². The topological polar surface area (TPSA) is 46.5 Å². The molecule has 0 radical (unpaired) electrons. The molecule has 0 saturated heterocycles. The van der Waals surface area contributed by atoms with Gasteiger partial charge in [0.05, 0.1) is 10.8 Å². The fraction of sp³-hybridized carbons (Fsp3) is 0. The van der Waals surface area contributed by atoms with Gasteiger partial charge in [0.2, 0.25) is 0 Å². The number of nitrogens with zero attached hydrogens (tertiary/aromatic N) is 1. The molecular formula is C19H11NO2S. The molecule has 1 aliphatic heterocycles. The van der Waals surface area contributed by atoms with Crippen molar-refractivity contribution in [1.29, 1.82) is 0 Å². The zero-order valence-electron chi connectivity index (χ0n) is 12.0. The van der Waals surface area contributed by atoms with Gasteiger partial charge in [-0.25, -0.2) is 0 Å². The second-order valence-corrected chi connectivity index (χ2v) is 7.25. The fourth-order valence-electron chi connectivity index (χ4n) is 3.36. The van der Waals surface area contributed by atoms with Gasteiger partial charge < -0.3 is 0 Å². The molecule has 0 atom stereocenters. The van der Waals surface area contributed by atoms with Gasteiger partial charge >= 0.3 is 0 Å². The Kier molecular flexibility index (Phi) is 2.32. The molecule has 0 unspecified atom stereocenters. The predicted molar refractivity (Wildman–Crippen MR) is 93.1 cm³/mol. The lowest BCUT2D eigenvalue weighted by molar-refractivity contribution is 0.608. The molecule has 0 amide bonds. The molecule has 0 fully saturated rings. The first-order valence-electron chi connectivity index (χ1n) is 7.32. The standard InChI is InChI=1S/C19H11NO2S/c21-23(22)11-18-17-10-16-13(9-14(17)7-8-19(18)20-23)6-5-12-3-1-2-4-15(12)16/h1-11H. The lowest BCUT2D eigenvalue weighted by atomic mass is 9.97. The van der Waals surface area contributed by atoms with Crippen molar-refractivity contribution in [2.45, 2.75) is 0 Å². The summed E-state index contributed by atoms with van der Waals surface area (Å²) in [6, 6.07) is 20.3. The van der Waals surface area contributed by atoms with Gasteiger partial charge in [0, 0.05) is 5.22 Å². The molecule has 0 spiro atoms. The van der Waals surface area contributed by atoms with E-state index in [1.54, 1.807) is 6.07 Å². The molecule has 1 heterocycles. The first-order valence-corrected chi connectivity index (χ1v) is 8.82. The average molecular weight is 317 g/mol. The molecule has 23 heavy (non-hydrogen) atoms. The third-order valence-electron chi connectivity index (χ3n) is 4.39. The van der Waals surface area contributed by atoms with Crippen molar-refractivity contribution in [2.24, 2.45) is 4.40 Å². The average Bonchev–Trinajstić information content (AvgIpc) is 2.87. The third-order valence-corrected chi connectivity index (χ3v) is 5.38. The molecule has 0 saturated carbocycles. The zero-order valence-corrected chi connectivity index (χ0v) is 12.8. The van der Waals surface area contributed by atoms with E-state index in [4.69, 9.17) is 0 Å². The summed E-state index contributed by atoms with van der Waals surface area (Å²) >= 11 is 0. The van der Waals surface area contributed by atoms with Crippen LogP contribution in [0.15, 0.2) is 65.1 Å². The fourth-order valence-corrected chi connectivity index (χ4v) is 4.39. The Morgan fingerprint density at radius 1 is 0.696 bits per heavy atom. The Bertz CT molecular complexity index is 1370. The van der Waals surface area contributed by atoms with Crippen LogP contribution in [0.5, 0.6) is 0 Å². The minimum atomic E-state index is -3.49. The maximum atomic E-state index is 11.8. The van der Waals surface area contributed by atoms with Gasteiger partial charge in [-0.05, 0) is 50.5 Å². The molecule has 4 aromatic rings. The third kappa shape index (κ3) is 1.82. The maximum Gasteiger partial charge on any atom is 0.276 e. The van der Waals surface area contributed by atoms with E-state index in [1.807, 2.05) is 18.2 Å². The van der Waals surface area contributed by atoms with Crippen molar-refractivity contribution >= 4 is 47.7 Å². The molecule has 3 nitrogen and oxygen atoms in total. The highest BCUT2D eigenvalue weighted by Crippen LogP contribution is 2.28. The molecule has 0 aliphatic carbocycles. The largest absolute Gasteiger partial charge is 0.276 e. The Morgan fingerprint density at radius 3 is 2.35 bits per heavy atom. The van der Waals surface area contributed by atoms with E-state index in [1.165, 1.54) is 16.2 Å². The Balaban J connectivity index is 2.07. The number of rotatable bonds is 0. The minimum Gasteiger partial charge on any atom is -0.200 e. The highest BCUT2D eigenvalue weighted by molar-refractivity contribution is 7.97. The van der Waals surface area contributed by atoms with E-state index in [2.05, 4.69) is 40.8 Å².